The Hall–Kier alpha value is -1.10. The SMILES string of the molecule is COC1(OC)C(C)C(C#N)C1C#N. The van der Waals surface area contributed by atoms with Crippen molar-refractivity contribution in [1.29, 1.82) is 10.5 Å². The minimum absolute atomic E-state index is 0.0582. The minimum atomic E-state index is -0.880. The Bertz CT molecular complexity index is 272. The van der Waals surface area contributed by atoms with Crippen LogP contribution in [0.4, 0.5) is 0 Å². The van der Waals surface area contributed by atoms with Crippen LogP contribution in [0.3, 0.4) is 0 Å². The summed E-state index contributed by atoms with van der Waals surface area (Å²) in [6.07, 6.45) is 0. The van der Waals surface area contributed by atoms with Crippen LogP contribution in [0.15, 0.2) is 0 Å². The predicted octanol–water partition coefficient (Wildman–Crippen LogP) is 0.905. The maximum Gasteiger partial charge on any atom is 0.188 e. The van der Waals surface area contributed by atoms with Crippen LogP contribution in [0.1, 0.15) is 6.92 Å². The summed E-state index contributed by atoms with van der Waals surface area (Å²) in [5.41, 5.74) is 0. The minimum Gasteiger partial charge on any atom is -0.352 e. The van der Waals surface area contributed by atoms with E-state index in [1.807, 2.05) is 6.92 Å². The van der Waals surface area contributed by atoms with Crippen LogP contribution >= 0.6 is 0 Å². The summed E-state index contributed by atoms with van der Waals surface area (Å²) in [4.78, 5) is 0. The number of nitrogens with zero attached hydrogens (tertiary/aromatic N) is 2. The molecule has 0 amide bonds. The standard InChI is InChI=1S/C9H12N2O2/c1-6-7(4-10)8(5-11)9(6,12-2)13-3/h6-8H,1-3H3. The van der Waals surface area contributed by atoms with E-state index in [0.717, 1.165) is 0 Å². The molecule has 4 nitrogen and oxygen atoms in total. The lowest BCUT2D eigenvalue weighted by Crippen LogP contribution is -2.62. The Kier molecular flexibility index (Phi) is 2.56. The third-order valence-electron chi connectivity index (χ3n) is 2.89. The van der Waals surface area contributed by atoms with Crippen molar-refractivity contribution in [1.82, 2.24) is 0 Å². The number of hydrogen-bond donors (Lipinski definition) is 0. The summed E-state index contributed by atoms with van der Waals surface area (Å²) < 4.78 is 10.3. The normalized spacial score (nSPS) is 35.6. The van der Waals surface area contributed by atoms with Crippen molar-refractivity contribution in [3.05, 3.63) is 0 Å². The zero-order valence-corrected chi connectivity index (χ0v) is 7.94. The number of rotatable bonds is 2. The van der Waals surface area contributed by atoms with E-state index in [-0.39, 0.29) is 11.8 Å². The Morgan fingerprint density at radius 2 is 1.69 bits per heavy atom. The Morgan fingerprint density at radius 3 is 2.00 bits per heavy atom. The summed E-state index contributed by atoms with van der Waals surface area (Å²) in [6.45, 7) is 1.86. The fourth-order valence-electron chi connectivity index (χ4n) is 2.02. The Labute approximate surface area is 77.7 Å². The van der Waals surface area contributed by atoms with Gasteiger partial charge in [-0.15, -0.1) is 0 Å². The average Bonchev–Trinajstić information content (AvgIpc) is 2.16. The van der Waals surface area contributed by atoms with E-state index in [2.05, 4.69) is 12.1 Å². The molecule has 3 atom stereocenters. The first-order chi connectivity index (χ1) is 6.17. The molecule has 0 aromatic carbocycles. The Morgan fingerprint density at radius 1 is 1.15 bits per heavy atom. The fraction of sp³-hybridized carbons (Fsp3) is 0.778. The van der Waals surface area contributed by atoms with Gasteiger partial charge in [0, 0.05) is 20.1 Å². The highest BCUT2D eigenvalue weighted by Crippen LogP contribution is 2.51. The molecule has 0 bridgehead atoms. The lowest BCUT2D eigenvalue weighted by molar-refractivity contribution is -0.322. The van der Waals surface area contributed by atoms with E-state index >= 15 is 0 Å². The molecule has 1 fully saturated rings. The van der Waals surface area contributed by atoms with Gasteiger partial charge in [-0.1, -0.05) is 6.92 Å². The van der Waals surface area contributed by atoms with E-state index in [9.17, 15) is 0 Å². The quantitative estimate of drug-likeness (QED) is 0.592. The smallest absolute Gasteiger partial charge is 0.188 e. The average molecular weight is 180 g/mol. The van der Waals surface area contributed by atoms with Crippen LogP contribution in [-0.2, 0) is 9.47 Å². The molecule has 0 saturated heterocycles. The van der Waals surface area contributed by atoms with Crippen molar-refractivity contribution in [2.45, 2.75) is 12.7 Å². The molecule has 1 saturated carbocycles. The van der Waals surface area contributed by atoms with Gasteiger partial charge in [-0.05, 0) is 0 Å². The fourth-order valence-corrected chi connectivity index (χ4v) is 2.02. The molecule has 0 radical (unpaired) electrons. The van der Waals surface area contributed by atoms with Gasteiger partial charge in [-0.25, -0.2) is 0 Å². The molecule has 70 valence electrons. The third kappa shape index (κ3) is 1.03. The first kappa shape index (κ1) is 9.98. The van der Waals surface area contributed by atoms with Gasteiger partial charge in [0.15, 0.2) is 5.79 Å². The predicted molar refractivity (Wildman–Crippen MR) is 44.1 cm³/mol. The van der Waals surface area contributed by atoms with E-state index in [0.29, 0.717) is 0 Å². The van der Waals surface area contributed by atoms with Gasteiger partial charge in [-0.3, -0.25) is 0 Å². The largest absolute Gasteiger partial charge is 0.352 e. The zero-order chi connectivity index (χ0) is 10.1. The van der Waals surface area contributed by atoms with Crippen molar-refractivity contribution in [3.63, 3.8) is 0 Å². The topological polar surface area (TPSA) is 66.0 Å². The van der Waals surface area contributed by atoms with E-state index < -0.39 is 11.7 Å². The summed E-state index contributed by atoms with van der Waals surface area (Å²) >= 11 is 0. The van der Waals surface area contributed by atoms with Gasteiger partial charge in [0.25, 0.3) is 0 Å². The first-order valence-corrected chi connectivity index (χ1v) is 4.07. The maximum atomic E-state index is 8.84. The second-order valence-electron chi connectivity index (χ2n) is 3.18. The van der Waals surface area contributed by atoms with Gasteiger partial charge >= 0.3 is 0 Å². The molecule has 0 heterocycles. The van der Waals surface area contributed by atoms with Crippen molar-refractivity contribution >= 4 is 0 Å². The highest BCUT2D eigenvalue weighted by atomic mass is 16.7. The molecule has 0 aromatic rings. The summed E-state index contributed by atoms with van der Waals surface area (Å²) in [7, 11) is 3.00. The van der Waals surface area contributed by atoms with Crippen LogP contribution in [-0.4, -0.2) is 20.0 Å². The molecule has 3 unspecified atom stereocenters. The van der Waals surface area contributed by atoms with Crippen LogP contribution < -0.4 is 0 Å². The van der Waals surface area contributed by atoms with Gasteiger partial charge in [0.05, 0.1) is 18.1 Å². The lowest BCUT2D eigenvalue weighted by atomic mass is 9.61. The van der Waals surface area contributed by atoms with Crippen molar-refractivity contribution in [2.75, 3.05) is 14.2 Å². The third-order valence-corrected chi connectivity index (χ3v) is 2.89. The molecule has 1 aliphatic carbocycles. The summed E-state index contributed by atoms with van der Waals surface area (Å²) in [5, 5.41) is 17.6. The summed E-state index contributed by atoms with van der Waals surface area (Å²) in [5.74, 6) is -1.71. The molecular weight excluding hydrogens is 168 g/mol. The first-order valence-electron chi connectivity index (χ1n) is 4.07. The zero-order valence-electron chi connectivity index (χ0n) is 7.94. The lowest BCUT2D eigenvalue weighted by Gasteiger charge is -2.52. The number of methoxy groups -OCH3 is 2. The van der Waals surface area contributed by atoms with Gasteiger partial charge in [-0.2, -0.15) is 10.5 Å². The van der Waals surface area contributed by atoms with Crippen molar-refractivity contribution < 1.29 is 9.47 Å². The molecule has 0 N–H and O–H groups in total. The molecule has 13 heavy (non-hydrogen) atoms. The molecule has 1 aliphatic rings. The molecule has 0 spiro atoms. The number of nitriles is 2. The molecular formula is C9H12N2O2. The maximum absolute atomic E-state index is 8.84. The van der Waals surface area contributed by atoms with Crippen molar-refractivity contribution in [3.8, 4) is 12.1 Å². The molecule has 0 aromatic heterocycles. The van der Waals surface area contributed by atoms with Crippen LogP contribution in [0.2, 0.25) is 0 Å². The monoisotopic (exact) mass is 180 g/mol. The molecule has 1 rings (SSSR count). The van der Waals surface area contributed by atoms with E-state index in [1.165, 1.54) is 14.2 Å². The number of ether oxygens (including phenoxy) is 2. The van der Waals surface area contributed by atoms with Gasteiger partial charge < -0.3 is 9.47 Å². The molecule has 4 heteroatoms. The highest BCUT2D eigenvalue weighted by molar-refractivity contribution is 5.18. The Balaban J connectivity index is 2.91. The van der Waals surface area contributed by atoms with Crippen LogP contribution in [0.25, 0.3) is 0 Å². The second kappa shape index (κ2) is 3.33. The number of hydrogen-bond acceptors (Lipinski definition) is 4. The van der Waals surface area contributed by atoms with Crippen LogP contribution in [0.5, 0.6) is 0 Å². The van der Waals surface area contributed by atoms with Gasteiger partial charge in [0.1, 0.15) is 5.92 Å². The summed E-state index contributed by atoms with van der Waals surface area (Å²) in [6, 6.07) is 4.15. The highest BCUT2D eigenvalue weighted by Gasteiger charge is 2.62. The van der Waals surface area contributed by atoms with Crippen LogP contribution in [0, 0.1) is 40.4 Å². The van der Waals surface area contributed by atoms with E-state index in [4.69, 9.17) is 20.0 Å². The van der Waals surface area contributed by atoms with Crippen molar-refractivity contribution in [2.24, 2.45) is 17.8 Å². The van der Waals surface area contributed by atoms with E-state index in [1.54, 1.807) is 0 Å². The molecule has 0 aliphatic heterocycles. The second-order valence-corrected chi connectivity index (χ2v) is 3.18. The van der Waals surface area contributed by atoms with Gasteiger partial charge in [0.2, 0.25) is 0 Å².